The van der Waals surface area contributed by atoms with Crippen molar-refractivity contribution < 1.29 is 9.53 Å². The van der Waals surface area contributed by atoms with Crippen LogP contribution in [-0.4, -0.2) is 18.1 Å². The zero-order valence-corrected chi connectivity index (χ0v) is 15.8. The van der Waals surface area contributed by atoms with Crippen molar-refractivity contribution in [2.45, 2.75) is 0 Å². The first-order valence-electron chi connectivity index (χ1n) is 7.52. The van der Waals surface area contributed by atoms with Gasteiger partial charge in [-0.25, -0.2) is 0 Å². The number of carbonyl (C=O) groups excluding carboxylic acids is 1. The van der Waals surface area contributed by atoms with Crippen molar-refractivity contribution in [1.82, 2.24) is 5.32 Å². The van der Waals surface area contributed by atoms with E-state index in [1.807, 2.05) is 42.5 Å². The molecule has 0 bridgehead atoms. The van der Waals surface area contributed by atoms with Gasteiger partial charge in [0.1, 0.15) is 5.75 Å². The molecule has 4 nitrogen and oxygen atoms in total. The zero-order valence-electron chi connectivity index (χ0n) is 13.4. The summed E-state index contributed by atoms with van der Waals surface area (Å²) in [5.74, 6) is 0.370. The second-order valence-corrected chi connectivity index (χ2v) is 6.55. The summed E-state index contributed by atoms with van der Waals surface area (Å²) in [5, 5.41) is 8.16. The van der Waals surface area contributed by atoms with E-state index in [1.165, 1.54) is 0 Å². The first-order chi connectivity index (χ1) is 12.1. The molecular formula is C19H15BrN2O2S. The number of fused-ring (bicyclic) bond motifs is 1. The molecule has 2 N–H and O–H groups in total. The number of anilines is 1. The average molecular weight is 415 g/mol. The maximum Gasteiger partial charge on any atom is 0.257 e. The van der Waals surface area contributed by atoms with Crippen molar-refractivity contribution in [3.8, 4) is 5.75 Å². The van der Waals surface area contributed by atoms with Crippen LogP contribution in [-0.2, 0) is 0 Å². The van der Waals surface area contributed by atoms with Gasteiger partial charge in [0, 0.05) is 16.6 Å². The van der Waals surface area contributed by atoms with Gasteiger partial charge in [0.05, 0.1) is 11.6 Å². The summed E-state index contributed by atoms with van der Waals surface area (Å²) in [6, 6.07) is 18.9. The lowest BCUT2D eigenvalue weighted by Gasteiger charge is -2.12. The molecule has 0 aliphatic carbocycles. The summed E-state index contributed by atoms with van der Waals surface area (Å²) in [7, 11) is 1.57. The lowest BCUT2D eigenvalue weighted by molar-refractivity contribution is 0.0977. The summed E-state index contributed by atoms with van der Waals surface area (Å²) < 4.78 is 5.87. The number of nitrogens with one attached hydrogen (secondary N) is 2. The van der Waals surface area contributed by atoms with Gasteiger partial charge in [0.15, 0.2) is 5.11 Å². The van der Waals surface area contributed by atoms with Gasteiger partial charge in [-0.05, 0) is 57.8 Å². The molecule has 3 rings (SSSR count). The van der Waals surface area contributed by atoms with Crippen LogP contribution < -0.4 is 15.4 Å². The van der Waals surface area contributed by atoms with Gasteiger partial charge < -0.3 is 10.1 Å². The van der Waals surface area contributed by atoms with Crippen LogP contribution in [0, 0.1) is 0 Å². The number of amides is 1. The SMILES string of the molecule is COc1ccc(C(=O)NC(=S)Nc2cccc3ccccc23)cc1Br. The first-order valence-corrected chi connectivity index (χ1v) is 8.72. The Labute approximate surface area is 159 Å². The van der Waals surface area contributed by atoms with Crippen molar-refractivity contribution in [3.05, 3.63) is 70.7 Å². The maximum absolute atomic E-state index is 12.4. The fourth-order valence-corrected chi connectivity index (χ4v) is 3.21. The molecule has 126 valence electrons. The molecule has 0 heterocycles. The Kier molecular flexibility index (Phi) is 5.31. The lowest BCUT2D eigenvalue weighted by Crippen LogP contribution is -2.34. The summed E-state index contributed by atoms with van der Waals surface area (Å²) in [5.41, 5.74) is 1.33. The number of rotatable bonds is 3. The van der Waals surface area contributed by atoms with Crippen LogP contribution in [0.5, 0.6) is 5.75 Å². The molecule has 0 saturated carbocycles. The predicted molar refractivity (Wildman–Crippen MR) is 108 cm³/mol. The van der Waals surface area contributed by atoms with Crippen molar-refractivity contribution in [2.75, 3.05) is 12.4 Å². The Morgan fingerprint density at radius 1 is 1.08 bits per heavy atom. The van der Waals surface area contributed by atoms with Gasteiger partial charge in [0.2, 0.25) is 0 Å². The number of hydrogen-bond donors (Lipinski definition) is 2. The molecule has 0 unspecified atom stereocenters. The van der Waals surface area contributed by atoms with Gasteiger partial charge in [-0.1, -0.05) is 36.4 Å². The monoisotopic (exact) mass is 414 g/mol. The number of carbonyl (C=O) groups is 1. The number of thiocarbonyl (C=S) groups is 1. The van der Waals surface area contributed by atoms with Crippen LogP contribution in [0.4, 0.5) is 5.69 Å². The predicted octanol–water partition coefficient (Wildman–Crippen LogP) is 4.74. The average Bonchev–Trinajstić information content (AvgIpc) is 2.62. The number of methoxy groups -OCH3 is 1. The minimum atomic E-state index is -0.291. The largest absolute Gasteiger partial charge is 0.496 e. The minimum absolute atomic E-state index is 0.244. The third kappa shape index (κ3) is 3.97. The molecule has 3 aromatic carbocycles. The molecule has 1 amide bonds. The molecular weight excluding hydrogens is 400 g/mol. The molecule has 0 aliphatic rings. The second kappa shape index (κ2) is 7.63. The van der Waals surface area contributed by atoms with E-state index in [2.05, 4.69) is 26.6 Å². The molecule has 0 aromatic heterocycles. The van der Waals surface area contributed by atoms with Gasteiger partial charge in [-0.15, -0.1) is 0 Å². The van der Waals surface area contributed by atoms with Crippen LogP contribution in [0.1, 0.15) is 10.4 Å². The van der Waals surface area contributed by atoms with Crippen LogP contribution in [0.3, 0.4) is 0 Å². The molecule has 3 aromatic rings. The molecule has 25 heavy (non-hydrogen) atoms. The highest BCUT2D eigenvalue weighted by atomic mass is 79.9. The highest BCUT2D eigenvalue weighted by Gasteiger charge is 2.11. The topological polar surface area (TPSA) is 50.4 Å². The molecule has 0 fully saturated rings. The van der Waals surface area contributed by atoms with E-state index in [9.17, 15) is 4.79 Å². The Hall–Kier alpha value is -2.44. The summed E-state index contributed by atoms with van der Waals surface area (Å²) >= 11 is 8.65. The molecule has 6 heteroatoms. The van der Waals surface area contributed by atoms with Crippen LogP contribution in [0.2, 0.25) is 0 Å². The van der Waals surface area contributed by atoms with Gasteiger partial charge >= 0.3 is 0 Å². The highest BCUT2D eigenvalue weighted by Crippen LogP contribution is 2.26. The molecule has 0 atom stereocenters. The third-order valence-electron chi connectivity index (χ3n) is 3.68. The van der Waals surface area contributed by atoms with Crippen molar-refractivity contribution in [2.24, 2.45) is 0 Å². The molecule has 0 spiro atoms. The second-order valence-electron chi connectivity index (χ2n) is 5.28. The Balaban J connectivity index is 1.73. The van der Waals surface area contributed by atoms with Crippen LogP contribution in [0.25, 0.3) is 10.8 Å². The number of halogens is 1. The molecule has 0 aliphatic heterocycles. The number of ether oxygens (including phenoxy) is 1. The van der Waals surface area contributed by atoms with E-state index in [1.54, 1.807) is 25.3 Å². The first kappa shape index (κ1) is 17.4. The smallest absolute Gasteiger partial charge is 0.257 e. The lowest BCUT2D eigenvalue weighted by atomic mass is 10.1. The van der Waals surface area contributed by atoms with E-state index in [0.717, 1.165) is 16.5 Å². The van der Waals surface area contributed by atoms with E-state index in [-0.39, 0.29) is 11.0 Å². The van der Waals surface area contributed by atoms with E-state index in [4.69, 9.17) is 17.0 Å². The minimum Gasteiger partial charge on any atom is -0.496 e. The van der Waals surface area contributed by atoms with Gasteiger partial charge in [-0.3, -0.25) is 10.1 Å². The van der Waals surface area contributed by atoms with Gasteiger partial charge in [0.25, 0.3) is 5.91 Å². The summed E-state index contributed by atoms with van der Waals surface area (Å²) in [6.07, 6.45) is 0. The Morgan fingerprint density at radius 2 is 1.84 bits per heavy atom. The highest BCUT2D eigenvalue weighted by molar-refractivity contribution is 9.10. The van der Waals surface area contributed by atoms with Crippen molar-refractivity contribution in [3.63, 3.8) is 0 Å². The fourth-order valence-electron chi connectivity index (χ4n) is 2.47. The quantitative estimate of drug-likeness (QED) is 0.607. The van der Waals surface area contributed by atoms with Crippen LogP contribution >= 0.6 is 28.1 Å². The van der Waals surface area contributed by atoms with E-state index >= 15 is 0 Å². The van der Waals surface area contributed by atoms with Crippen molar-refractivity contribution >= 4 is 55.6 Å². The number of hydrogen-bond acceptors (Lipinski definition) is 3. The molecule has 0 saturated heterocycles. The fraction of sp³-hybridized carbons (Fsp3) is 0.0526. The standard InChI is InChI=1S/C19H15BrN2O2S/c1-24-17-10-9-13(11-15(17)20)18(23)22-19(25)21-16-8-4-6-12-5-2-3-7-14(12)16/h2-11H,1H3,(H2,21,22,23,25). The Bertz CT molecular complexity index is 954. The number of benzene rings is 3. The van der Waals surface area contributed by atoms with Crippen molar-refractivity contribution in [1.29, 1.82) is 0 Å². The summed E-state index contributed by atoms with van der Waals surface area (Å²) in [6.45, 7) is 0. The normalized spacial score (nSPS) is 10.3. The zero-order chi connectivity index (χ0) is 17.8. The molecule has 0 radical (unpaired) electrons. The van der Waals surface area contributed by atoms with Gasteiger partial charge in [-0.2, -0.15) is 0 Å². The third-order valence-corrected chi connectivity index (χ3v) is 4.50. The van der Waals surface area contributed by atoms with E-state index < -0.39 is 0 Å². The Morgan fingerprint density at radius 3 is 2.60 bits per heavy atom. The summed E-state index contributed by atoms with van der Waals surface area (Å²) in [4.78, 5) is 12.4. The van der Waals surface area contributed by atoms with Crippen LogP contribution in [0.15, 0.2) is 65.1 Å². The van der Waals surface area contributed by atoms with E-state index in [0.29, 0.717) is 15.8 Å². The maximum atomic E-state index is 12.4.